The lowest BCUT2D eigenvalue weighted by Crippen LogP contribution is -2.10. The lowest BCUT2D eigenvalue weighted by molar-refractivity contribution is 0.709. The summed E-state index contributed by atoms with van der Waals surface area (Å²) in [7, 11) is 0. The first-order valence-corrected chi connectivity index (χ1v) is 6.41. The van der Waals surface area contributed by atoms with Crippen LogP contribution >= 0.6 is 0 Å². The van der Waals surface area contributed by atoms with Gasteiger partial charge in [-0.25, -0.2) is 9.97 Å². The van der Waals surface area contributed by atoms with E-state index in [1.54, 1.807) is 18.5 Å². The molecule has 0 saturated heterocycles. The van der Waals surface area contributed by atoms with Gasteiger partial charge in [-0.05, 0) is 24.5 Å². The quantitative estimate of drug-likeness (QED) is 0.875. The van der Waals surface area contributed by atoms with E-state index >= 15 is 0 Å². The number of aromatic nitrogens is 3. The van der Waals surface area contributed by atoms with E-state index in [2.05, 4.69) is 27.2 Å². The third-order valence-electron chi connectivity index (χ3n) is 3.52. The minimum absolute atomic E-state index is 0.0882. The van der Waals surface area contributed by atoms with Gasteiger partial charge in [-0.2, -0.15) is 0 Å². The number of H-pyrrole nitrogens is 1. The summed E-state index contributed by atoms with van der Waals surface area (Å²) in [6.45, 7) is 2.82. The second-order valence-electron chi connectivity index (χ2n) is 5.24. The Kier molecular flexibility index (Phi) is 2.81. The second kappa shape index (κ2) is 4.50. The molecule has 0 aliphatic heterocycles. The van der Waals surface area contributed by atoms with Gasteiger partial charge in [-0.1, -0.05) is 13.0 Å². The predicted octanol–water partition coefficient (Wildman–Crippen LogP) is 1.83. The Bertz CT molecular complexity index is 625. The molecule has 19 heavy (non-hydrogen) atoms. The maximum atomic E-state index is 11.0. The molecule has 2 aromatic heterocycles. The molecule has 0 radical (unpaired) electrons. The molecular formula is C14H16N4O. The minimum Gasteiger partial charge on any atom is -0.366 e. The fourth-order valence-electron chi connectivity index (χ4n) is 1.90. The molecular weight excluding hydrogens is 240 g/mol. The Hall–Kier alpha value is -2.17. The molecule has 0 unspecified atom stereocenters. The number of hydrogen-bond donors (Lipinski definition) is 2. The van der Waals surface area contributed by atoms with Gasteiger partial charge in [0.05, 0.1) is 0 Å². The lowest BCUT2D eigenvalue weighted by Gasteiger charge is -2.10. The molecule has 5 nitrogen and oxygen atoms in total. The summed E-state index contributed by atoms with van der Waals surface area (Å²) in [4.78, 5) is 22.5. The van der Waals surface area contributed by atoms with Gasteiger partial charge in [0, 0.05) is 30.4 Å². The minimum atomic E-state index is -0.0882. The standard InChI is InChI=1S/C14H16N4O/c1-14(5-6-14)13-15-7-4-11(18-13)16-8-10-2-3-12(19)17-9-10/h2-4,7,9H,5-6,8H2,1H3,(H,17,19)(H,15,16,18). The van der Waals surface area contributed by atoms with Crippen molar-refractivity contribution in [2.45, 2.75) is 31.7 Å². The van der Waals surface area contributed by atoms with Gasteiger partial charge in [-0.15, -0.1) is 0 Å². The molecule has 2 aromatic rings. The van der Waals surface area contributed by atoms with Crippen molar-refractivity contribution in [1.29, 1.82) is 0 Å². The molecule has 1 saturated carbocycles. The number of hydrogen-bond acceptors (Lipinski definition) is 4. The molecule has 0 amide bonds. The molecule has 3 rings (SSSR count). The van der Waals surface area contributed by atoms with Crippen LogP contribution in [0.2, 0.25) is 0 Å². The number of nitrogens with zero attached hydrogens (tertiary/aromatic N) is 2. The average Bonchev–Trinajstić information content (AvgIpc) is 3.18. The van der Waals surface area contributed by atoms with Crippen LogP contribution in [0.5, 0.6) is 0 Å². The first kappa shape index (κ1) is 11.9. The van der Waals surface area contributed by atoms with Crippen LogP contribution in [0.15, 0.2) is 35.4 Å². The van der Waals surface area contributed by atoms with Crippen molar-refractivity contribution < 1.29 is 0 Å². The molecule has 1 fully saturated rings. The predicted molar refractivity (Wildman–Crippen MR) is 73.0 cm³/mol. The van der Waals surface area contributed by atoms with Gasteiger partial charge in [0.15, 0.2) is 0 Å². The zero-order chi connectivity index (χ0) is 13.3. The van der Waals surface area contributed by atoms with E-state index in [-0.39, 0.29) is 11.0 Å². The van der Waals surface area contributed by atoms with Crippen molar-refractivity contribution in [2.24, 2.45) is 0 Å². The maximum absolute atomic E-state index is 11.0. The van der Waals surface area contributed by atoms with Crippen LogP contribution in [0, 0.1) is 0 Å². The van der Waals surface area contributed by atoms with Crippen molar-refractivity contribution in [3.05, 3.63) is 52.3 Å². The van der Waals surface area contributed by atoms with E-state index in [0.29, 0.717) is 6.54 Å². The van der Waals surface area contributed by atoms with Crippen LogP contribution in [0.4, 0.5) is 5.82 Å². The van der Waals surface area contributed by atoms with Crippen LogP contribution in [0.1, 0.15) is 31.2 Å². The van der Waals surface area contributed by atoms with Crippen molar-refractivity contribution in [1.82, 2.24) is 15.0 Å². The highest BCUT2D eigenvalue weighted by Gasteiger charge is 2.41. The Morgan fingerprint density at radius 3 is 2.89 bits per heavy atom. The van der Waals surface area contributed by atoms with Gasteiger partial charge in [0.25, 0.3) is 0 Å². The van der Waals surface area contributed by atoms with Gasteiger partial charge in [0.2, 0.25) is 5.56 Å². The number of pyridine rings is 1. The molecule has 2 N–H and O–H groups in total. The van der Waals surface area contributed by atoms with E-state index in [1.165, 1.54) is 6.07 Å². The SMILES string of the molecule is CC1(c2nccc(NCc3ccc(=O)[nH]c3)n2)CC1. The molecule has 2 heterocycles. The summed E-state index contributed by atoms with van der Waals surface area (Å²) in [5, 5.41) is 3.25. The van der Waals surface area contributed by atoms with Crippen LogP contribution in [-0.4, -0.2) is 15.0 Å². The lowest BCUT2D eigenvalue weighted by atomic mass is 10.1. The zero-order valence-corrected chi connectivity index (χ0v) is 10.8. The number of aromatic amines is 1. The Morgan fingerprint density at radius 1 is 1.37 bits per heavy atom. The highest BCUT2D eigenvalue weighted by Crippen LogP contribution is 2.45. The first-order valence-electron chi connectivity index (χ1n) is 6.41. The topological polar surface area (TPSA) is 70.7 Å². The fourth-order valence-corrected chi connectivity index (χ4v) is 1.90. The molecule has 0 aromatic carbocycles. The number of nitrogens with one attached hydrogen (secondary N) is 2. The van der Waals surface area contributed by atoms with Gasteiger partial charge < -0.3 is 10.3 Å². The van der Waals surface area contributed by atoms with Crippen molar-refractivity contribution in [3.8, 4) is 0 Å². The molecule has 1 aliphatic rings. The average molecular weight is 256 g/mol. The van der Waals surface area contributed by atoms with Crippen LogP contribution in [0.3, 0.4) is 0 Å². The van der Waals surface area contributed by atoms with Gasteiger partial charge in [0.1, 0.15) is 11.6 Å². The Morgan fingerprint density at radius 2 is 2.21 bits per heavy atom. The second-order valence-corrected chi connectivity index (χ2v) is 5.24. The Balaban J connectivity index is 1.70. The number of anilines is 1. The summed E-state index contributed by atoms with van der Waals surface area (Å²) in [5.74, 6) is 1.74. The summed E-state index contributed by atoms with van der Waals surface area (Å²) in [5.41, 5.74) is 1.10. The third kappa shape index (κ3) is 2.65. The zero-order valence-electron chi connectivity index (χ0n) is 10.8. The van der Waals surface area contributed by atoms with Crippen LogP contribution < -0.4 is 10.9 Å². The summed E-state index contributed by atoms with van der Waals surface area (Å²) in [6.07, 6.45) is 5.83. The first-order chi connectivity index (χ1) is 9.16. The summed E-state index contributed by atoms with van der Waals surface area (Å²) >= 11 is 0. The highest BCUT2D eigenvalue weighted by atomic mass is 16.1. The monoisotopic (exact) mass is 256 g/mol. The molecule has 5 heteroatoms. The molecule has 98 valence electrons. The maximum Gasteiger partial charge on any atom is 0.247 e. The van der Waals surface area contributed by atoms with E-state index in [1.807, 2.05) is 6.07 Å². The highest BCUT2D eigenvalue weighted by molar-refractivity contribution is 5.36. The third-order valence-corrected chi connectivity index (χ3v) is 3.52. The molecule has 0 atom stereocenters. The van der Waals surface area contributed by atoms with Crippen molar-refractivity contribution in [3.63, 3.8) is 0 Å². The van der Waals surface area contributed by atoms with Crippen molar-refractivity contribution >= 4 is 5.82 Å². The van der Waals surface area contributed by atoms with E-state index in [9.17, 15) is 4.79 Å². The smallest absolute Gasteiger partial charge is 0.247 e. The summed E-state index contributed by atoms with van der Waals surface area (Å²) in [6, 6.07) is 5.19. The van der Waals surface area contributed by atoms with Crippen molar-refractivity contribution in [2.75, 3.05) is 5.32 Å². The fraction of sp³-hybridized carbons (Fsp3) is 0.357. The largest absolute Gasteiger partial charge is 0.366 e. The molecule has 0 spiro atoms. The Labute approximate surface area is 111 Å². The van der Waals surface area contributed by atoms with Gasteiger partial charge >= 0.3 is 0 Å². The van der Waals surface area contributed by atoms with Gasteiger partial charge in [-0.3, -0.25) is 4.79 Å². The molecule has 0 bridgehead atoms. The number of rotatable bonds is 4. The van der Waals surface area contributed by atoms with Crippen LogP contribution in [0.25, 0.3) is 0 Å². The van der Waals surface area contributed by atoms with E-state index in [4.69, 9.17) is 0 Å². The normalized spacial score (nSPS) is 16.1. The molecule has 1 aliphatic carbocycles. The van der Waals surface area contributed by atoms with E-state index in [0.717, 1.165) is 30.0 Å². The van der Waals surface area contributed by atoms with E-state index < -0.39 is 0 Å². The van der Waals surface area contributed by atoms with Crippen LogP contribution in [-0.2, 0) is 12.0 Å². The summed E-state index contributed by atoms with van der Waals surface area (Å²) < 4.78 is 0.